The number of aromatic nitrogens is 3. The maximum absolute atomic E-state index is 8.86. The molecule has 4 aromatic carbocycles. The van der Waals surface area contributed by atoms with Gasteiger partial charge in [0.1, 0.15) is 0 Å². The van der Waals surface area contributed by atoms with E-state index in [1.165, 1.54) is 0 Å². The molecular weight excluding hydrogens is 434 g/mol. The normalized spacial score (nSPS) is 14.3. The summed E-state index contributed by atoms with van der Waals surface area (Å²) in [5, 5.41) is 0.894. The molecule has 3 nitrogen and oxygen atoms in total. The molecule has 0 bridgehead atoms. The largest absolute Gasteiger partial charge is 0.208 e. The van der Waals surface area contributed by atoms with E-state index in [4.69, 9.17) is 21.2 Å². The van der Waals surface area contributed by atoms with Crippen molar-refractivity contribution in [2.24, 2.45) is 0 Å². The summed E-state index contributed by atoms with van der Waals surface area (Å²) in [6.07, 6.45) is 0. The van der Waals surface area contributed by atoms with Gasteiger partial charge in [-0.05, 0) is 24.2 Å². The highest BCUT2D eigenvalue weighted by molar-refractivity contribution is 7.25. The van der Waals surface area contributed by atoms with Crippen LogP contribution in [0.5, 0.6) is 0 Å². The molecule has 0 aliphatic carbocycles. The Hall–Kier alpha value is -3.60. The highest BCUT2D eigenvalue weighted by atomic mass is 35.5. The first kappa shape index (κ1) is 13.1. The molecule has 0 N–H and O–H groups in total. The predicted molar refractivity (Wildman–Crippen MR) is 134 cm³/mol. The first-order valence-electron chi connectivity index (χ1n) is 13.2. The summed E-state index contributed by atoms with van der Waals surface area (Å²) < 4.78 is 59.9. The minimum absolute atomic E-state index is 0.0504. The van der Waals surface area contributed by atoms with Gasteiger partial charge in [0.2, 0.25) is 0 Å². The van der Waals surface area contributed by atoms with E-state index in [0.29, 0.717) is 22.0 Å². The number of rotatable bonds is 3. The van der Waals surface area contributed by atoms with Crippen LogP contribution in [0.2, 0.25) is 5.02 Å². The number of hydrogen-bond acceptors (Lipinski definition) is 4. The molecule has 0 fully saturated rings. The zero-order valence-electron chi connectivity index (χ0n) is 23.3. The lowest BCUT2D eigenvalue weighted by atomic mass is 10.1. The quantitative estimate of drug-likeness (QED) is 0.271. The first-order chi connectivity index (χ1) is 18.7. The molecule has 2 heterocycles. The number of fused-ring (bicyclic) bond motifs is 3. The van der Waals surface area contributed by atoms with Crippen molar-refractivity contribution in [3.63, 3.8) is 0 Å². The van der Waals surface area contributed by atoms with Crippen LogP contribution in [-0.4, -0.2) is 15.0 Å². The summed E-state index contributed by atoms with van der Waals surface area (Å²) in [5.41, 5.74) is 1.39. The van der Waals surface area contributed by atoms with E-state index in [0.717, 1.165) is 11.3 Å². The van der Waals surface area contributed by atoms with Crippen LogP contribution >= 0.6 is 22.9 Å². The van der Waals surface area contributed by atoms with Crippen molar-refractivity contribution in [3.8, 4) is 34.2 Å². The Morgan fingerprint density at radius 1 is 0.688 bits per heavy atom. The second kappa shape index (κ2) is 7.83. The number of hydrogen-bond donors (Lipinski definition) is 0. The predicted octanol–water partition coefficient (Wildman–Crippen LogP) is 7.89. The van der Waals surface area contributed by atoms with Crippen LogP contribution in [0.4, 0.5) is 0 Å². The van der Waals surface area contributed by atoms with Crippen molar-refractivity contribution < 1.29 is 9.60 Å². The van der Waals surface area contributed by atoms with Crippen molar-refractivity contribution in [1.29, 1.82) is 0 Å². The summed E-state index contributed by atoms with van der Waals surface area (Å²) >= 11 is 7.24. The molecule has 0 atom stereocenters. The van der Waals surface area contributed by atoms with Crippen LogP contribution in [0.25, 0.3) is 54.3 Å². The molecule has 0 radical (unpaired) electrons. The van der Waals surface area contributed by atoms with Gasteiger partial charge >= 0.3 is 0 Å². The molecule has 0 aliphatic rings. The number of benzene rings is 4. The maximum atomic E-state index is 8.86. The monoisotopic (exact) mass is 456 g/mol. The Morgan fingerprint density at radius 3 is 2.25 bits per heavy atom. The third-order valence-electron chi connectivity index (χ3n) is 4.92. The average Bonchev–Trinajstić information content (AvgIpc) is 3.35. The molecule has 152 valence electrons. The lowest BCUT2D eigenvalue weighted by molar-refractivity contribution is 1.08. The molecule has 0 saturated heterocycles. The smallest absolute Gasteiger partial charge is 0.164 e. The second-order valence-electron chi connectivity index (χ2n) is 6.94. The number of thiophene rings is 1. The fraction of sp³-hybridized carbons (Fsp3) is 0. The van der Waals surface area contributed by atoms with Crippen LogP contribution in [-0.2, 0) is 0 Å². The molecule has 0 unspecified atom stereocenters. The molecule has 0 saturated carbocycles. The summed E-state index contributed by atoms with van der Waals surface area (Å²) in [5.74, 6) is 0.636. The SMILES string of the molecule is [2H]c1c([2H])c([2H])c2c(sc3c([2H])c([2H])c([2H])c(-c4nc(-c5ccccc5)nc(-c5cccc(Cl)c5)n4)c32)c1[2H]. The fourth-order valence-electron chi connectivity index (χ4n) is 3.49. The van der Waals surface area contributed by atoms with Gasteiger partial charge in [-0.1, -0.05) is 84.3 Å². The lowest BCUT2D eigenvalue weighted by Gasteiger charge is -2.09. The number of nitrogens with zero attached hydrogens (tertiary/aromatic N) is 3. The first-order valence-corrected chi connectivity index (χ1v) is 10.9. The van der Waals surface area contributed by atoms with E-state index in [1.54, 1.807) is 24.3 Å². The van der Waals surface area contributed by atoms with Gasteiger partial charge in [0.05, 0.1) is 9.60 Å². The highest BCUT2D eigenvalue weighted by Crippen LogP contribution is 2.39. The van der Waals surface area contributed by atoms with E-state index in [-0.39, 0.29) is 73.6 Å². The van der Waals surface area contributed by atoms with E-state index >= 15 is 0 Å². The Morgan fingerprint density at radius 2 is 1.41 bits per heavy atom. The summed E-state index contributed by atoms with van der Waals surface area (Å²) in [6, 6.07) is 13.9. The third kappa shape index (κ3) is 3.34. The van der Waals surface area contributed by atoms with E-state index in [9.17, 15) is 0 Å². The van der Waals surface area contributed by atoms with Crippen molar-refractivity contribution in [2.75, 3.05) is 0 Å². The van der Waals surface area contributed by atoms with Crippen molar-refractivity contribution in [1.82, 2.24) is 15.0 Å². The van der Waals surface area contributed by atoms with Gasteiger partial charge in [0, 0.05) is 41.9 Å². The zero-order valence-corrected chi connectivity index (χ0v) is 17.9. The van der Waals surface area contributed by atoms with E-state index in [1.807, 2.05) is 30.3 Å². The van der Waals surface area contributed by atoms with Gasteiger partial charge in [-0.25, -0.2) is 15.0 Å². The second-order valence-corrected chi connectivity index (χ2v) is 8.40. The van der Waals surface area contributed by atoms with E-state index < -0.39 is 6.04 Å². The zero-order chi connectivity index (χ0) is 27.6. The van der Waals surface area contributed by atoms with E-state index in [2.05, 4.69) is 15.0 Å². The molecule has 6 aromatic rings. The molecular formula is C27H16ClN3S. The molecule has 0 aliphatic heterocycles. The van der Waals surface area contributed by atoms with Gasteiger partial charge in [0.25, 0.3) is 0 Å². The van der Waals surface area contributed by atoms with Crippen molar-refractivity contribution >= 4 is 43.1 Å². The Balaban J connectivity index is 1.79. The average molecular weight is 457 g/mol. The van der Waals surface area contributed by atoms with Gasteiger partial charge in [-0.2, -0.15) is 0 Å². The molecule has 0 amide bonds. The summed E-state index contributed by atoms with van der Waals surface area (Å²) in [7, 11) is 0. The lowest BCUT2D eigenvalue weighted by Crippen LogP contribution is -2.00. The molecule has 6 rings (SSSR count). The number of halogens is 1. The molecule has 0 spiro atoms. The van der Waals surface area contributed by atoms with Crippen LogP contribution in [0, 0.1) is 0 Å². The van der Waals surface area contributed by atoms with Crippen molar-refractivity contribution in [3.05, 3.63) is 102 Å². The third-order valence-corrected chi connectivity index (χ3v) is 6.18. The van der Waals surface area contributed by atoms with Gasteiger partial charge in [0.15, 0.2) is 17.5 Å². The highest BCUT2D eigenvalue weighted by Gasteiger charge is 2.16. The van der Waals surface area contributed by atoms with Crippen molar-refractivity contribution in [2.45, 2.75) is 0 Å². The Kier molecular flexibility index (Phi) is 3.19. The van der Waals surface area contributed by atoms with Gasteiger partial charge in [-0.3, -0.25) is 0 Å². The minimum atomic E-state index is -0.425. The Labute approximate surface area is 203 Å². The summed E-state index contributed by atoms with van der Waals surface area (Å²) in [6.45, 7) is 0. The summed E-state index contributed by atoms with van der Waals surface area (Å²) in [4.78, 5) is 14.0. The molecule has 32 heavy (non-hydrogen) atoms. The Bertz CT molecular complexity index is 1960. The van der Waals surface area contributed by atoms with Crippen LogP contribution in [0.1, 0.15) is 9.60 Å². The fourth-order valence-corrected chi connectivity index (χ4v) is 4.65. The van der Waals surface area contributed by atoms with Crippen LogP contribution in [0.3, 0.4) is 0 Å². The van der Waals surface area contributed by atoms with Crippen LogP contribution < -0.4 is 0 Å². The standard InChI is InChI=1S/C27H16ClN3S/c28-19-11-6-10-18(16-19)26-29-25(17-8-2-1-3-9-17)30-27(31-26)21-13-7-15-23-24(21)20-12-4-5-14-22(20)32-23/h1-16H/i4D,5D,7D,12D,13D,14D,15D. The minimum Gasteiger partial charge on any atom is -0.208 e. The van der Waals surface area contributed by atoms with Gasteiger partial charge in [-0.15, -0.1) is 11.3 Å². The molecule has 5 heteroatoms. The topological polar surface area (TPSA) is 38.7 Å². The maximum Gasteiger partial charge on any atom is 0.164 e. The van der Waals surface area contributed by atoms with Gasteiger partial charge < -0.3 is 0 Å². The molecule has 2 aromatic heterocycles. The van der Waals surface area contributed by atoms with Crippen LogP contribution in [0.15, 0.2) is 96.9 Å².